The summed E-state index contributed by atoms with van der Waals surface area (Å²) in [6, 6.07) is 5.92. The van der Waals surface area contributed by atoms with E-state index in [9.17, 15) is 0 Å². The van der Waals surface area contributed by atoms with Gasteiger partial charge in [-0.15, -0.1) is 0 Å². The first-order valence-electron chi connectivity index (χ1n) is 5.72. The van der Waals surface area contributed by atoms with Gasteiger partial charge in [0.1, 0.15) is 0 Å². The van der Waals surface area contributed by atoms with Gasteiger partial charge in [-0.25, -0.2) is 0 Å². The molecule has 0 saturated heterocycles. The highest BCUT2D eigenvalue weighted by Gasteiger charge is 2.16. The molecule has 90 valence electrons. The summed E-state index contributed by atoms with van der Waals surface area (Å²) in [5.41, 5.74) is 1.25. The average Bonchev–Trinajstić information content (AvgIpc) is 2.23. The second kappa shape index (κ2) is 6.48. The molecule has 0 aromatic heterocycles. The maximum absolute atomic E-state index is 6.04. The molecular weight excluding hydrogens is 241 g/mol. The smallest absolute Gasteiger partial charge is 0.0595 e. The van der Waals surface area contributed by atoms with Gasteiger partial charge >= 0.3 is 0 Å². The first kappa shape index (κ1) is 13.8. The Bertz CT molecular complexity index is 337. The second-order valence-electron chi connectivity index (χ2n) is 4.33. The topological polar surface area (TPSA) is 12.0 Å². The first-order valence-corrected chi connectivity index (χ1v) is 6.47. The molecule has 0 heterocycles. The second-order valence-corrected chi connectivity index (χ2v) is 5.15. The minimum absolute atomic E-state index is 0.481. The minimum Gasteiger partial charge on any atom is -0.316 e. The summed E-state index contributed by atoms with van der Waals surface area (Å²) < 4.78 is 0. The largest absolute Gasteiger partial charge is 0.316 e. The van der Waals surface area contributed by atoms with Crippen LogP contribution in [0.3, 0.4) is 0 Å². The van der Waals surface area contributed by atoms with Crippen LogP contribution in [0.2, 0.25) is 10.0 Å². The van der Waals surface area contributed by atoms with Gasteiger partial charge in [0.25, 0.3) is 0 Å². The van der Waals surface area contributed by atoms with Gasteiger partial charge in [-0.05, 0) is 36.1 Å². The van der Waals surface area contributed by atoms with E-state index in [0.29, 0.717) is 21.9 Å². The highest BCUT2D eigenvalue weighted by atomic mass is 35.5. The number of hydrogen-bond acceptors (Lipinski definition) is 1. The number of halogens is 2. The molecule has 1 rings (SSSR count). The van der Waals surface area contributed by atoms with E-state index in [4.69, 9.17) is 23.2 Å². The van der Waals surface area contributed by atoms with Gasteiger partial charge in [0.2, 0.25) is 0 Å². The lowest BCUT2D eigenvalue weighted by atomic mass is 9.88. The molecule has 1 N–H and O–H groups in total. The molecule has 1 aromatic carbocycles. The van der Waals surface area contributed by atoms with Crippen LogP contribution in [0.4, 0.5) is 0 Å². The molecule has 0 bridgehead atoms. The molecule has 1 unspecified atom stereocenters. The van der Waals surface area contributed by atoms with E-state index in [2.05, 4.69) is 32.2 Å². The number of nitrogens with one attached hydrogen (secondary N) is 1. The van der Waals surface area contributed by atoms with Crippen LogP contribution in [0, 0.1) is 5.92 Å². The summed E-state index contributed by atoms with van der Waals surface area (Å²) in [5.74, 6) is 1.06. The van der Waals surface area contributed by atoms with E-state index >= 15 is 0 Å². The molecule has 1 atom stereocenters. The number of rotatable bonds is 5. The molecule has 1 aromatic rings. The average molecular weight is 260 g/mol. The number of benzene rings is 1. The Morgan fingerprint density at radius 1 is 1.19 bits per heavy atom. The molecule has 0 aliphatic rings. The van der Waals surface area contributed by atoms with E-state index in [1.54, 1.807) is 0 Å². The maximum atomic E-state index is 6.04. The van der Waals surface area contributed by atoms with E-state index in [0.717, 1.165) is 13.1 Å². The van der Waals surface area contributed by atoms with Crippen molar-refractivity contribution in [2.45, 2.75) is 26.7 Å². The lowest BCUT2D eigenvalue weighted by Crippen LogP contribution is -2.24. The third kappa shape index (κ3) is 3.65. The van der Waals surface area contributed by atoms with Gasteiger partial charge in [0.15, 0.2) is 0 Å². The molecule has 0 fully saturated rings. The fraction of sp³-hybridized carbons (Fsp3) is 0.538. The van der Waals surface area contributed by atoms with Crippen molar-refractivity contribution in [2.75, 3.05) is 13.1 Å². The van der Waals surface area contributed by atoms with Crippen molar-refractivity contribution < 1.29 is 0 Å². The Labute approximate surface area is 108 Å². The zero-order valence-corrected chi connectivity index (χ0v) is 11.6. The van der Waals surface area contributed by atoms with Crippen molar-refractivity contribution in [3.63, 3.8) is 0 Å². The van der Waals surface area contributed by atoms with Gasteiger partial charge in [0, 0.05) is 6.54 Å². The fourth-order valence-electron chi connectivity index (χ4n) is 1.78. The molecular formula is C13H19Cl2N. The molecule has 16 heavy (non-hydrogen) atoms. The Morgan fingerprint density at radius 2 is 1.88 bits per heavy atom. The Morgan fingerprint density at radius 3 is 2.38 bits per heavy atom. The lowest BCUT2D eigenvalue weighted by molar-refractivity contribution is 0.467. The minimum atomic E-state index is 0.481. The predicted octanol–water partition coefficient (Wildman–Crippen LogP) is 4.34. The van der Waals surface area contributed by atoms with Crippen molar-refractivity contribution in [1.82, 2.24) is 5.32 Å². The number of likely N-dealkylation sites (N-methyl/N-ethyl adjacent to an activating group) is 1. The van der Waals surface area contributed by atoms with Gasteiger partial charge in [-0.2, -0.15) is 0 Å². The van der Waals surface area contributed by atoms with Crippen LogP contribution in [-0.4, -0.2) is 13.1 Å². The van der Waals surface area contributed by atoms with Crippen LogP contribution in [0.15, 0.2) is 18.2 Å². The van der Waals surface area contributed by atoms with Crippen molar-refractivity contribution in [3.05, 3.63) is 33.8 Å². The highest BCUT2D eigenvalue weighted by molar-refractivity contribution is 6.42. The summed E-state index contributed by atoms with van der Waals surface area (Å²) in [4.78, 5) is 0. The van der Waals surface area contributed by atoms with E-state index < -0.39 is 0 Å². The van der Waals surface area contributed by atoms with Crippen molar-refractivity contribution in [1.29, 1.82) is 0 Å². The molecule has 3 heteroatoms. The van der Waals surface area contributed by atoms with Crippen molar-refractivity contribution in [3.8, 4) is 0 Å². The summed E-state index contributed by atoms with van der Waals surface area (Å²) >= 11 is 12.0. The molecule has 0 radical (unpaired) electrons. The third-order valence-corrected chi connectivity index (χ3v) is 3.53. The van der Waals surface area contributed by atoms with Crippen LogP contribution in [0.1, 0.15) is 32.3 Å². The van der Waals surface area contributed by atoms with Gasteiger partial charge in [-0.1, -0.05) is 50.0 Å². The van der Waals surface area contributed by atoms with Gasteiger partial charge in [0.05, 0.1) is 10.0 Å². The van der Waals surface area contributed by atoms with E-state index in [1.807, 2.05) is 12.1 Å². The van der Waals surface area contributed by atoms with Crippen LogP contribution >= 0.6 is 23.2 Å². The van der Waals surface area contributed by atoms with E-state index in [-0.39, 0.29) is 0 Å². The quantitative estimate of drug-likeness (QED) is 0.830. The standard InChI is InChI=1S/C13H19Cl2N/c1-4-16-8-11(9(2)3)10-5-6-12(14)13(15)7-10/h5-7,9,11,16H,4,8H2,1-3H3. The normalized spacial score (nSPS) is 13.1. The Balaban J connectivity index is 2.88. The third-order valence-electron chi connectivity index (χ3n) is 2.79. The van der Waals surface area contributed by atoms with Crippen LogP contribution < -0.4 is 5.32 Å². The molecule has 1 nitrogen and oxygen atoms in total. The molecule has 0 aliphatic heterocycles. The van der Waals surface area contributed by atoms with Crippen LogP contribution in [0.5, 0.6) is 0 Å². The van der Waals surface area contributed by atoms with Crippen molar-refractivity contribution in [2.24, 2.45) is 5.92 Å². The first-order chi connectivity index (χ1) is 7.56. The maximum Gasteiger partial charge on any atom is 0.0595 e. The van der Waals surface area contributed by atoms with Crippen molar-refractivity contribution >= 4 is 23.2 Å². The summed E-state index contributed by atoms with van der Waals surface area (Å²) in [5, 5.41) is 4.65. The van der Waals surface area contributed by atoms with Crippen LogP contribution in [0.25, 0.3) is 0 Å². The monoisotopic (exact) mass is 259 g/mol. The fourth-order valence-corrected chi connectivity index (χ4v) is 2.09. The summed E-state index contributed by atoms with van der Waals surface area (Å²) in [6.07, 6.45) is 0. The number of hydrogen-bond donors (Lipinski definition) is 1. The zero-order valence-electron chi connectivity index (χ0n) is 10.1. The SMILES string of the molecule is CCNCC(c1ccc(Cl)c(Cl)c1)C(C)C. The molecule has 0 saturated carbocycles. The molecule has 0 spiro atoms. The van der Waals surface area contributed by atoms with Crippen LogP contribution in [-0.2, 0) is 0 Å². The Kier molecular flexibility index (Phi) is 5.60. The van der Waals surface area contributed by atoms with E-state index in [1.165, 1.54) is 5.56 Å². The molecule has 0 amide bonds. The lowest BCUT2D eigenvalue weighted by Gasteiger charge is -2.22. The van der Waals surface area contributed by atoms with Gasteiger partial charge in [-0.3, -0.25) is 0 Å². The molecule has 0 aliphatic carbocycles. The summed E-state index contributed by atoms with van der Waals surface area (Å²) in [6.45, 7) is 8.54. The highest BCUT2D eigenvalue weighted by Crippen LogP contribution is 2.29. The Hall–Kier alpha value is -0.240. The predicted molar refractivity (Wildman–Crippen MR) is 72.6 cm³/mol. The summed E-state index contributed by atoms with van der Waals surface area (Å²) in [7, 11) is 0. The zero-order chi connectivity index (χ0) is 12.1. The van der Waals surface area contributed by atoms with Gasteiger partial charge < -0.3 is 5.32 Å².